The van der Waals surface area contributed by atoms with Crippen molar-refractivity contribution in [3.05, 3.63) is 62.6 Å². The van der Waals surface area contributed by atoms with E-state index in [1.807, 2.05) is 31.2 Å². The molecule has 2 aromatic carbocycles. The Morgan fingerprint density at radius 2 is 1.83 bits per heavy atom. The number of halogens is 1. The zero-order valence-corrected chi connectivity index (χ0v) is 14.9. The molecule has 122 valence electrons. The molecular formula is C15H15BrN2O4S. The first-order chi connectivity index (χ1) is 10.7. The molecule has 0 saturated carbocycles. The lowest BCUT2D eigenvalue weighted by Crippen LogP contribution is -2.11. The minimum atomic E-state index is -3.70. The lowest BCUT2D eigenvalue weighted by molar-refractivity contribution is -0.386. The average molecular weight is 399 g/mol. The van der Waals surface area contributed by atoms with Crippen LogP contribution in [0.5, 0.6) is 0 Å². The van der Waals surface area contributed by atoms with Gasteiger partial charge in [-0.3, -0.25) is 10.1 Å². The van der Waals surface area contributed by atoms with E-state index in [-0.39, 0.29) is 16.6 Å². The molecule has 2 aromatic rings. The number of anilines is 1. The molecule has 1 atom stereocenters. The van der Waals surface area contributed by atoms with E-state index in [0.717, 1.165) is 16.3 Å². The highest BCUT2D eigenvalue weighted by molar-refractivity contribution is 9.10. The first kappa shape index (κ1) is 17.4. The van der Waals surface area contributed by atoms with E-state index in [2.05, 4.69) is 21.2 Å². The van der Waals surface area contributed by atoms with Crippen LogP contribution in [-0.2, 0) is 9.84 Å². The fourth-order valence-electron chi connectivity index (χ4n) is 2.26. The van der Waals surface area contributed by atoms with Crippen LogP contribution in [0, 0.1) is 10.1 Å². The van der Waals surface area contributed by atoms with Crippen molar-refractivity contribution in [2.45, 2.75) is 17.9 Å². The van der Waals surface area contributed by atoms with E-state index >= 15 is 0 Å². The van der Waals surface area contributed by atoms with Crippen molar-refractivity contribution in [3.8, 4) is 0 Å². The number of rotatable bonds is 5. The highest BCUT2D eigenvalue weighted by atomic mass is 79.9. The second kappa shape index (κ2) is 6.67. The van der Waals surface area contributed by atoms with Crippen LogP contribution in [-0.4, -0.2) is 19.6 Å². The number of hydrogen-bond acceptors (Lipinski definition) is 5. The minimum Gasteiger partial charge on any atom is -0.373 e. The number of benzene rings is 2. The molecule has 0 spiro atoms. The first-order valence-corrected chi connectivity index (χ1v) is 9.38. The van der Waals surface area contributed by atoms with Crippen LogP contribution in [0.1, 0.15) is 18.5 Å². The molecule has 0 saturated heterocycles. The quantitative estimate of drug-likeness (QED) is 0.608. The Balaban J connectivity index is 2.49. The highest BCUT2D eigenvalue weighted by Gasteiger charge is 2.27. The average Bonchev–Trinajstić information content (AvgIpc) is 2.46. The first-order valence-electron chi connectivity index (χ1n) is 6.70. The van der Waals surface area contributed by atoms with Gasteiger partial charge >= 0.3 is 5.69 Å². The Kier molecular flexibility index (Phi) is 5.06. The molecule has 1 N–H and O–H groups in total. The summed E-state index contributed by atoms with van der Waals surface area (Å²) in [6, 6.07) is 11.5. The molecule has 0 radical (unpaired) electrons. The lowest BCUT2D eigenvalue weighted by Gasteiger charge is -2.17. The van der Waals surface area contributed by atoms with Crippen molar-refractivity contribution in [3.63, 3.8) is 0 Å². The molecule has 0 aliphatic carbocycles. The Labute approximate surface area is 142 Å². The number of hydrogen-bond donors (Lipinski definition) is 1. The summed E-state index contributed by atoms with van der Waals surface area (Å²) in [7, 11) is -3.70. The van der Waals surface area contributed by atoms with Crippen LogP contribution in [0.2, 0.25) is 0 Å². The third-order valence-corrected chi connectivity index (χ3v) is 5.18. The van der Waals surface area contributed by atoms with Crippen LogP contribution in [0.15, 0.2) is 51.8 Å². The third kappa shape index (κ3) is 3.89. The molecule has 0 aromatic heterocycles. The van der Waals surface area contributed by atoms with Gasteiger partial charge in [0.25, 0.3) is 0 Å². The van der Waals surface area contributed by atoms with Crippen LogP contribution in [0.4, 0.5) is 11.4 Å². The summed E-state index contributed by atoms with van der Waals surface area (Å²) in [5, 5.41) is 14.4. The van der Waals surface area contributed by atoms with Crippen molar-refractivity contribution in [1.82, 2.24) is 0 Å². The summed E-state index contributed by atoms with van der Waals surface area (Å²) in [6.07, 6.45) is 0.955. The van der Waals surface area contributed by atoms with Gasteiger partial charge < -0.3 is 5.32 Å². The Morgan fingerprint density at radius 1 is 1.17 bits per heavy atom. The van der Waals surface area contributed by atoms with E-state index in [1.165, 1.54) is 18.2 Å². The number of nitrogens with one attached hydrogen (secondary N) is 1. The van der Waals surface area contributed by atoms with Gasteiger partial charge in [-0.05, 0) is 30.7 Å². The third-order valence-electron chi connectivity index (χ3n) is 3.32. The number of nitro groups is 1. The van der Waals surface area contributed by atoms with Gasteiger partial charge in [-0.25, -0.2) is 8.42 Å². The van der Waals surface area contributed by atoms with Crippen molar-refractivity contribution < 1.29 is 13.3 Å². The number of nitro benzene ring substituents is 1. The van der Waals surface area contributed by atoms with Gasteiger partial charge in [-0.15, -0.1) is 0 Å². The molecular weight excluding hydrogens is 384 g/mol. The van der Waals surface area contributed by atoms with Crippen molar-refractivity contribution in [2.24, 2.45) is 0 Å². The summed E-state index contributed by atoms with van der Waals surface area (Å²) in [4.78, 5) is 10.4. The molecule has 0 bridgehead atoms. The molecule has 23 heavy (non-hydrogen) atoms. The SMILES string of the molecule is CC(Nc1cccc(S(C)(=O)=O)c1[N+](=O)[O-])c1ccccc1Br. The zero-order valence-electron chi connectivity index (χ0n) is 12.5. The largest absolute Gasteiger partial charge is 0.373 e. The summed E-state index contributed by atoms with van der Waals surface area (Å²) in [5.41, 5.74) is 0.640. The van der Waals surface area contributed by atoms with Gasteiger partial charge in [0.15, 0.2) is 9.84 Å². The second-order valence-electron chi connectivity index (χ2n) is 5.07. The Morgan fingerprint density at radius 3 is 2.39 bits per heavy atom. The van der Waals surface area contributed by atoms with E-state index in [1.54, 1.807) is 0 Å². The van der Waals surface area contributed by atoms with Gasteiger partial charge in [0.05, 0.1) is 4.92 Å². The molecule has 0 aliphatic heterocycles. The molecule has 0 heterocycles. The highest BCUT2D eigenvalue weighted by Crippen LogP contribution is 2.35. The second-order valence-corrected chi connectivity index (χ2v) is 7.91. The molecule has 8 heteroatoms. The van der Waals surface area contributed by atoms with Crippen LogP contribution in [0.3, 0.4) is 0 Å². The smallest absolute Gasteiger partial charge is 0.310 e. The zero-order chi connectivity index (χ0) is 17.2. The van der Waals surface area contributed by atoms with E-state index in [0.29, 0.717) is 0 Å². The fourth-order valence-corrected chi connectivity index (χ4v) is 3.75. The fraction of sp³-hybridized carbons (Fsp3) is 0.200. The van der Waals surface area contributed by atoms with Gasteiger partial charge in [-0.2, -0.15) is 0 Å². The standard InChI is InChI=1S/C15H15BrN2O4S/c1-10(11-6-3-4-7-12(11)16)17-13-8-5-9-14(23(2,21)22)15(13)18(19)20/h3-10,17H,1-2H3. The van der Waals surface area contributed by atoms with E-state index in [4.69, 9.17) is 0 Å². The summed E-state index contributed by atoms with van der Waals surface area (Å²) < 4.78 is 24.4. The Hall–Kier alpha value is -1.93. The van der Waals surface area contributed by atoms with Crippen molar-refractivity contribution in [2.75, 3.05) is 11.6 Å². The summed E-state index contributed by atoms with van der Waals surface area (Å²) >= 11 is 3.43. The van der Waals surface area contributed by atoms with Gasteiger partial charge in [-0.1, -0.05) is 40.2 Å². The van der Waals surface area contributed by atoms with E-state index in [9.17, 15) is 18.5 Å². The molecule has 0 fully saturated rings. The molecule has 2 rings (SSSR count). The van der Waals surface area contributed by atoms with Crippen LogP contribution < -0.4 is 5.32 Å². The predicted octanol–water partition coefficient (Wildman–Crippen LogP) is 3.93. The summed E-state index contributed by atoms with van der Waals surface area (Å²) in [6.45, 7) is 1.84. The van der Waals surface area contributed by atoms with Gasteiger partial charge in [0.1, 0.15) is 10.6 Å². The number of sulfone groups is 1. The monoisotopic (exact) mass is 398 g/mol. The summed E-state index contributed by atoms with van der Waals surface area (Å²) in [5.74, 6) is 0. The van der Waals surface area contributed by atoms with Crippen molar-refractivity contribution in [1.29, 1.82) is 0 Å². The maximum absolute atomic E-state index is 11.8. The van der Waals surface area contributed by atoms with Gasteiger partial charge in [0, 0.05) is 16.8 Å². The molecule has 0 aliphatic rings. The molecule has 6 nitrogen and oxygen atoms in total. The Bertz CT molecular complexity index is 852. The molecule has 0 amide bonds. The molecule has 1 unspecified atom stereocenters. The van der Waals surface area contributed by atoms with Gasteiger partial charge in [0.2, 0.25) is 0 Å². The normalized spacial score (nSPS) is 12.7. The minimum absolute atomic E-state index is 0.168. The van der Waals surface area contributed by atoms with E-state index < -0.39 is 20.4 Å². The van der Waals surface area contributed by atoms with Crippen LogP contribution >= 0.6 is 15.9 Å². The number of nitrogens with zero attached hydrogens (tertiary/aromatic N) is 1. The predicted molar refractivity (Wildman–Crippen MR) is 92.4 cm³/mol. The lowest BCUT2D eigenvalue weighted by atomic mass is 10.1. The topological polar surface area (TPSA) is 89.3 Å². The number of para-hydroxylation sites is 1. The maximum atomic E-state index is 11.8. The van der Waals surface area contributed by atoms with Crippen LogP contribution in [0.25, 0.3) is 0 Å². The van der Waals surface area contributed by atoms with Crippen molar-refractivity contribution >= 4 is 37.1 Å². The maximum Gasteiger partial charge on any atom is 0.310 e.